The minimum Gasteiger partial charge on any atom is -0.354 e. The van der Waals surface area contributed by atoms with E-state index in [-0.39, 0.29) is 12.6 Å². The average molecular weight is 398 g/mol. The van der Waals surface area contributed by atoms with Crippen LogP contribution in [0.15, 0.2) is 29.3 Å². The van der Waals surface area contributed by atoms with Crippen LogP contribution < -0.4 is 16.0 Å². The number of carbonyl (C=O) groups excluding carboxylic acids is 1. The molecule has 0 aliphatic heterocycles. The molecule has 146 valence electrons. The fourth-order valence-electron chi connectivity index (χ4n) is 2.36. The molecule has 3 N–H and O–H groups in total. The summed E-state index contributed by atoms with van der Waals surface area (Å²) in [6, 6.07) is 5.90. The van der Waals surface area contributed by atoms with E-state index in [0.29, 0.717) is 5.96 Å². The molecule has 5 nitrogen and oxygen atoms in total. The predicted molar refractivity (Wildman–Crippen MR) is 102 cm³/mol. The summed E-state index contributed by atoms with van der Waals surface area (Å²) in [5.41, 5.74) is -0.426. The quantitative estimate of drug-likeness (QED) is 0.398. The summed E-state index contributed by atoms with van der Waals surface area (Å²) in [5, 5.41) is 8.14. The lowest BCUT2D eigenvalue weighted by atomic mass is 10.2. The van der Waals surface area contributed by atoms with E-state index in [4.69, 9.17) is 0 Å². The second-order valence-corrected chi connectivity index (χ2v) is 7.33. The summed E-state index contributed by atoms with van der Waals surface area (Å²) in [6.45, 7) is 3.81. The van der Waals surface area contributed by atoms with Crippen molar-refractivity contribution < 1.29 is 18.0 Å². The Morgan fingerprint density at radius 3 is 2.56 bits per heavy atom. The van der Waals surface area contributed by atoms with E-state index < -0.39 is 29.0 Å². The lowest BCUT2D eigenvalue weighted by Gasteiger charge is -2.17. The van der Waals surface area contributed by atoms with E-state index in [0.717, 1.165) is 18.6 Å². The van der Waals surface area contributed by atoms with E-state index in [9.17, 15) is 18.0 Å². The highest BCUT2D eigenvalue weighted by Gasteiger charge is 2.15. The van der Waals surface area contributed by atoms with E-state index in [2.05, 4.69) is 33.1 Å². The van der Waals surface area contributed by atoms with Gasteiger partial charge in [0.2, 0.25) is 5.91 Å². The summed E-state index contributed by atoms with van der Waals surface area (Å²) in [7, 11) is 1.56. The fraction of sp³-hybridized carbons (Fsp3) is 0.333. The van der Waals surface area contributed by atoms with E-state index in [1.165, 1.54) is 9.75 Å². The Morgan fingerprint density at radius 2 is 1.93 bits per heavy atom. The van der Waals surface area contributed by atoms with Gasteiger partial charge in [0.15, 0.2) is 23.4 Å². The van der Waals surface area contributed by atoms with Gasteiger partial charge in [0.05, 0.1) is 12.2 Å². The van der Waals surface area contributed by atoms with Crippen LogP contribution in [-0.2, 0) is 11.2 Å². The number of rotatable bonds is 6. The van der Waals surface area contributed by atoms with Gasteiger partial charge in [-0.3, -0.25) is 9.79 Å². The number of hydrogen-bond donors (Lipinski definition) is 3. The number of hydrogen-bond acceptors (Lipinski definition) is 3. The van der Waals surface area contributed by atoms with Gasteiger partial charge >= 0.3 is 0 Å². The lowest BCUT2D eigenvalue weighted by Crippen LogP contribution is -2.45. The number of aliphatic imine (C=N–C) groups is 1. The molecule has 9 heteroatoms. The fourth-order valence-corrected chi connectivity index (χ4v) is 3.38. The maximum atomic E-state index is 13.6. The van der Waals surface area contributed by atoms with E-state index >= 15 is 0 Å². The molecule has 0 bridgehead atoms. The Bertz CT molecular complexity index is 838. The van der Waals surface area contributed by atoms with Crippen molar-refractivity contribution in [1.29, 1.82) is 0 Å². The van der Waals surface area contributed by atoms with Gasteiger partial charge in [0.1, 0.15) is 0 Å². The third kappa shape index (κ3) is 5.99. The topological polar surface area (TPSA) is 65.5 Å². The van der Waals surface area contributed by atoms with Crippen molar-refractivity contribution in [3.05, 3.63) is 51.5 Å². The molecule has 0 aliphatic carbocycles. The highest BCUT2D eigenvalue weighted by molar-refractivity contribution is 7.11. The first kappa shape index (κ1) is 20.8. The molecule has 0 saturated carbocycles. The molecule has 27 heavy (non-hydrogen) atoms. The Kier molecular flexibility index (Phi) is 7.23. The molecule has 2 rings (SSSR count). The van der Waals surface area contributed by atoms with Crippen LogP contribution in [0, 0.1) is 24.4 Å². The standard InChI is InChI=1S/C18H21F3N4OS/c1-10(8-12-5-4-11(2)27-12)24-18(22-3)23-9-15(26)25-14-7-6-13(19)16(20)17(14)21/h4-7,10H,8-9H2,1-3H3,(H,25,26)(H2,22,23,24). The van der Waals surface area contributed by atoms with Crippen molar-refractivity contribution in [2.45, 2.75) is 26.3 Å². The number of nitrogens with zero attached hydrogens (tertiary/aromatic N) is 1. The summed E-state index contributed by atoms with van der Waals surface area (Å²) in [6.07, 6.45) is 0.797. The summed E-state index contributed by atoms with van der Waals surface area (Å²) >= 11 is 1.72. The number of anilines is 1. The number of aryl methyl sites for hydroxylation is 1. The molecule has 1 aromatic heterocycles. The number of benzene rings is 1. The van der Waals surface area contributed by atoms with Crippen molar-refractivity contribution in [2.75, 3.05) is 18.9 Å². The molecular formula is C18H21F3N4OS. The molecule has 0 fully saturated rings. The Labute approximate surface area is 159 Å². The third-order valence-corrected chi connectivity index (χ3v) is 4.66. The smallest absolute Gasteiger partial charge is 0.243 e. The average Bonchev–Trinajstić information content (AvgIpc) is 3.03. The van der Waals surface area contributed by atoms with Gasteiger partial charge in [-0.2, -0.15) is 0 Å². The van der Waals surface area contributed by atoms with Gasteiger partial charge in [0, 0.05) is 29.3 Å². The van der Waals surface area contributed by atoms with Gasteiger partial charge < -0.3 is 16.0 Å². The maximum absolute atomic E-state index is 13.6. The van der Waals surface area contributed by atoms with Crippen LogP contribution in [0.1, 0.15) is 16.7 Å². The normalized spacial score (nSPS) is 12.6. The molecule has 0 radical (unpaired) electrons. The van der Waals surface area contributed by atoms with E-state index in [1.807, 2.05) is 13.8 Å². The molecule has 0 saturated heterocycles. The van der Waals surface area contributed by atoms with E-state index in [1.54, 1.807) is 18.4 Å². The molecule has 1 unspecified atom stereocenters. The Morgan fingerprint density at radius 1 is 1.19 bits per heavy atom. The zero-order valence-electron chi connectivity index (χ0n) is 15.2. The van der Waals surface area contributed by atoms with Crippen LogP contribution in [0.4, 0.5) is 18.9 Å². The van der Waals surface area contributed by atoms with Gasteiger partial charge in [-0.25, -0.2) is 13.2 Å². The molecular weight excluding hydrogens is 377 g/mol. The second kappa shape index (κ2) is 9.40. The Balaban J connectivity index is 1.84. The minimum absolute atomic E-state index is 0.0703. The zero-order chi connectivity index (χ0) is 20.0. The number of nitrogens with one attached hydrogen (secondary N) is 3. The predicted octanol–water partition coefficient (Wildman–Crippen LogP) is 3.21. The highest BCUT2D eigenvalue weighted by atomic mass is 32.1. The van der Waals surface area contributed by atoms with Crippen molar-refractivity contribution in [1.82, 2.24) is 10.6 Å². The molecule has 1 atom stereocenters. The van der Waals surface area contributed by atoms with Gasteiger partial charge in [0.25, 0.3) is 0 Å². The molecule has 0 aliphatic rings. The number of amides is 1. The van der Waals surface area contributed by atoms with Gasteiger partial charge in [-0.15, -0.1) is 11.3 Å². The zero-order valence-corrected chi connectivity index (χ0v) is 16.0. The number of thiophene rings is 1. The lowest BCUT2D eigenvalue weighted by molar-refractivity contribution is -0.115. The highest BCUT2D eigenvalue weighted by Crippen LogP contribution is 2.19. The van der Waals surface area contributed by atoms with Crippen LogP contribution in [0.25, 0.3) is 0 Å². The number of halogens is 3. The first-order chi connectivity index (χ1) is 12.8. The Hall–Kier alpha value is -2.55. The molecule has 2 aromatic rings. The summed E-state index contributed by atoms with van der Waals surface area (Å²) in [5.74, 6) is -4.61. The van der Waals surface area contributed by atoms with Crippen LogP contribution in [0.5, 0.6) is 0 Å². The molecule has 1 heterocycles. The molecule has 1 amide bonds. The van der Waals surface area contributed by atoms with Crippen LogP contribution in [-0.4, -0.2) is 31.5 Å². The summed E-state index contributed by atoms with van der Waals surface area (Å²) in [4.78, 5) is 18.4. The third-order valence-electron chi connectivity index (χ3n) is 3.64. The van der Waals surface area contributed by atoms with Crippen molar-refractivity contribution in [2.24, 2.45) is 4.99 Å². The summed E-state index contributed by atoms with van der Waals surface area (Å²) < 4.78 is 39.7. The maximum Gasteiger partial charge on any atom is 0.243 e. The van der Waals surface area contributed by atoms with Crippen LogP contribution in [0.2, 0.25) is 0 Å². The van der Waals surface area contributed by atoms with Crippen molar-refractivity contribution >= 4 is 28.9 Å². The minimum atomic E-state index is -1.63. The van der Waals surface area contributed by atoms with Crippen molar-refractivity contribution in [3.8, 4) is 0 Å². The van der Waals surface area contributed by atoms with Gasteiger partial charge in [-0.1, -0.05) is 0 Å². The largest absolute Gasteiger partial charge is 0.354 e. The number of carbonyl (C=O) groups is 1. The van der Waals surface area contributed by atoms with Gasteiger partial charge in [-0.05, 0) is 38.1 Å². The van der Waals surface area contributed by atoms with Crippen LogP contribution >= 0.6 is 11.3 Å². The monoisotopic (exact) mass is 398 g/mol. The SMILES string of the molecule is CN=C(NCC(=O)Nc1ccc(F)c(F)c1F)NC(C)Cc1ccc(C)s1. The molecule has 1 aromatic carbocycles. The first-order valence-electron chi connectivity index (χ1n) is 8.26. The number of guanidine groups is 1. The molecule has 0 spiro atoms. The second-order valence-electron chi connectivity index (χ2n) is 5.96. The van der Waals surface area contributed by atoms with Crippen molar-refractivity contribution in [3.63, 3.8) is 0 Å². The van der Waals surface area contributed by atoms with Crippen LogP contribution in [0.3, 0.4) is 0 Å². The first-order valence-corrected chi connectivity index (χ1v) is 9.07.